The van der Waals surface area contributed by atoms with Gasteiger partial charge in [-0.25, -0.2) is 0 Å². The summed E-state index contributed by atoms with van der Waals surface area (Å²) in [6.45, 7) is 7.67. The topological polar surface area (TPSA) is 41.6 Å². The van der Waals surface area contributed by atoms with Crippen LogP contribution < -0.4 is 10.1 Å². The largest absolute Gasteiger partial charge is 0.457 e. The molecule has 1 N–H and O–H groups in total. The van der Waals surface area contributed by atoms with E-state index in [1.54, 1.807) is 0 Å². The molecule has 0 fully saturated rings. The number of thiocarbonyl (C=S) groups is 1. The summed E-state index contributed by atoms with van der Waals surface area (Å²) < 4.78 is 6.50. The zero-order valence-electron chi connectivity index (χ0n) is 15.3. The average Bonchev–Trinajstić information content (AvgIpc) is 2.65. The van der Waals surface area contributed by atoms with Gasteiger partial charge < -0.3 is 15.0 Å². The van der Waals surface area contributed by atoms with Crippen molar-refractivity contribution >= 4 is 39.9 Å². The van der Waals surface area contributed by atoms with E-state index in [0.717, 1.165) is 34.6 Å². The number of ether oxygens (including phenoxy) is 1. The van der Waals surface area contributed by atoms with Crippen molar-refractivity contribution in [3.8, 4) is 11.5 Å². The summed E-state index contributed by atoms with van der Waals surface area (Å²) in [7, 11) is 0. The fraction of sp³-hybridized carbons (Fsp3) is 0.300. The number of amides is 1. The molecule has 1 amide bonds. The second-order valence-corrected chi connectivity index (χ2v) is 7.60. The third-order valence-electron chi connectivity index (χ3n) is 3.77. The second-order valence-electron chi connectivity index (χ2n) is 5.63. The van der Waals surface area contributed by atoms with Crippen molar-refractivity contribution in [2.24, 2.45) is 0 Å². The molecule has 0 saturated carbocycles. The lowest BCUT2D eigenvalue weighted by Crippen LogP contribution is -2.31. The second kappa shape index (κ2) is 10.2. The van der Waals surface area contributed by atoms with Crippen LogP contribution in [0.3, 0.4) is 0 Å². The maximum absolute atomic E-state index is 12.4. The van der Waals surface area contributed by atoms with Crippen LogP contribution in [0.15, 0.2) is 54.6 Å². The van der Waals surface area contributed by atoms with Crippen LogP contribution in [0, 0.1) is 0 Å². The van der Waals surface area contributed by atoms with Gasteiger partial charge in [-0.2, -0.15) is 0 Å². The van der Waals surface area contributed by atoms with Crippen molar-refractivity contribution in [3.05, 3.63) is 54.6 Å². The van der Waals surface area contributed by atoms with Gasteiger partial charge in [-0.3, -0.25) is 4.79 Å². The molecular weight excluding hydrogens is 364 g/mol. The molecule has 1 atom stereocenters. The molecule has 138 valence electrons. The highest BCUT2D eigenvalue weighted by Crippen LogP contribution is 2.23. The number of hydrogen-bond acceptors (Lipinski definition) is 4. The lowest BCUT2D eigenvalue weighted by Gasteiger charge is -2.22. The summed E-state index contributed by atoms with van der Waals surface area (Å²) in [5, 5.41) is 2.66. The highest BCUT2D eigenvalue weighted by atomic mass is 32.2. The Morgan fingerprint density at radius 3 is 2.23 bits per heavy atom. The Morgan fingerprint density at radius 1 is 1.08 bits per heavy atom. The first-order valence-electron chi connectivity index (χ1n) is 8.62. The summed E-state index contributed by atoms with van der Waals surface area (Å²) >= 11 is 6.82. The van der Waals surface area contributed by atoms with Crippen molar-refractivity contribution in [1.82, 2.24) is 4.90 Å². The Labute approximate surface area is 164 Å². The van der Waals surface area contributed by atoms with E-state index < -0.39 is 0 Å². The summed E-state index contributed by atoms with van der Waals surface area (Å²) in [4.78, 5) is 14.5. The van der Waals surface area contributed by atoms with E-state index in [1.165, 1.54) is 11.8 Å². The highest BCUT2D eigenvalue weighted by molar-refractivity contribution is 8.23. The molecule has 0 unspecified atom stereocenters. The zero-order valence-corrected chi connectivity index (χ0v) is 16.9. The summed E-state index contributed by atoms with van der Waals surface area (Å²) in [6, 6.07) is 16.9. The van der Waals surface area contributed by atoms with Crippen LogP contribution in [0.25, 0.3) is 0 Å². The molecule has 6 heteroatoms. The quantitative estimate of drug-likeness (QED) is 0.663. The van der Waals surface area contributed by atoms with Crippen molar-refractivity contribution in [2.75, 3.05) is 18.4 Å². The van der Waals surface area contributed by atoms with Gasteiger partial charge in [-0.05, 0) is 57.2 Å². The molecule has 0 aliphatic rings. The summed E-state index contributed by atoms with van der Waals surface area (Å²) in [6.07, 6.45) is 0. The number of para-hydroxylation sites is 1. The SMILES string of the molecule is CCN(CC)C(=S)S[C@H](C)C(=O)Nc1ccc(Oc2ccccc2)cc1. The van der Waals surface area contributed by atoms with Crippen molar-refractivity contribution in [3.63, 3.8) is 0 Å². The van der Waals surface area contributed by atoms with Gasteiger partial charge in [0.15, 0.2) is 0 Å². The molecule has 2 aromatic carbocycles. The van der Waals surface area contributed by atoms with Crippen LogP contribution in [0.4, 0.5) is 5.69 Å². The number of thioether (sulfide) groups is 1. The molecule has 0 saturated heterocycles. The lowest BCUT2D eigenvalue weighted by molar-refractivity contribution is -0.115. The van der Waals surface area contributed by atoms with Crippen LogP contribution in [0.2, 0.25) is 0 Å². The van der Waals surface area contributed by atoms with Crippen LogP contribution in [0.5, 0.6) is 11.5 Å². The Morgan fingerprint density at radius 2 is 1.65 bits per heavy atom. The molecular formula is C20H24N2O2S2. The fourth-order valence-electron chi connectivity index (χ4n) is 2.24. The van der Waals surface area contributed by atoms with Gasteiger partial charge in [0.1, 0.15) is 15.8 Å². The Bertz CT molecular complexity index is 716. The number of benzene rings is 2. The van der Waals surface area contributed by atoms with Crippen molar-refractivity contribution in [2.45, 2.75) is 26.0 Å². The minimum Gasteiger partial charge on any atom is -0.457 e. The van der Waals surface area contributed by atoms with Crippen LogP contribution >= 0.6 is 24.0 Å². The fourth-order valence-corrected chi connectivity index (χ4v) is 3.80. The highest BCUT2D eigenvalue weighted by Gasteiger charge is 2.18. The van der Waals surface area contributed by atoms with Crippen molar-refractivity contribution in [1.29, 1.82) is 0 Å². The van der Waals surface area contributed by atoms with Crippen LogP contribution in [0.1, 0.15) is 20.8 Å². The first-order valence-corrected chi connectivity index (χ1v) is 9.91. The van der Waals surface area contributed by atoms with Crippen LogP contribution in [-0.4, -0.2) is 33.5 Å². The Balaban J connectivity index is 1.89. The van der Waals surface area contributed by atoms with Gasteiger partial charge in [-0.15, -0.1) is 0 Å². The van der Waals surface area contributed by atoms with Gasteiger partial charge in [0.05, 0.1) is 5.25 Å². The maximum atomic E-state index is 12.4. The van der Waals surface area contributed by atoms with Gasteiger partial charge in [0.2, 0.25) is 5.91 Å². The third-order valence-corrected chi connectivity index (χ3v) is 5.34. The average molecular weight is 389 g/mol. The molecule has 2 rings (SSSR count). The third kappa shape index (κ3) is 6.04. The van der Waals surface area contributed by atoms with E-state index in [1.807, 2.05) is 61.5 Å². The zero-order chi connectivity index (χ0) is 18.9. The van der Waals surface area contributed by atoms with Gasteiger partial charge in [0, 0.05) is 18.8 Å². The molecule has 2 aromatic rings. The predicted molar refractivity (Wildman–Crippen MR) is 114 cm³/mol. The molecule has 0 spiro atoms. The van der Waals surface area contributed by atoms with E-state index in [2.05, 4.69) is 24.1 Å². The molecule has 0 heterocycles. The number of nitrogens with zero attached hydrogens (tertiary/aromatic N) is 1. The monoisotopic (exact) mass is 388 g/mol. The number of rotatable bonds is 7. The number of carbonyl (C=O) groups excluding carboxylic acids is 1. The number of hydrogen-bond donors (Lipinski definition) is 1. The molecule has 26 heavy (non-hydrogen) atoms. The minimum absolute atomic E-state index is 0.0683. The number of carbonyl (C=O) groups is 1. The van der Waals surface area contributed by atoms with Crippen molar-refractivity contribution < 1.29 is 9.53 Å². The normalized spacial score (nSPS) is 11.5. The maximum Gasteiger partial charge on any atom is 0.237 e. The summed E-state index contributed by atoms with van der Waals surface area (Å²) in [5.41, 5.74) is 0.733. The Kier molecular flexibility index (Phi) is 7.94. The van der Waals surface area contributed by atoms with E-state index >= 15 is 0 Å². The van der Waals surface area contributed by atoms with Gasteiger partial charge in [-0.1, -0.05) is 42.2 Å². The van der Waals surface area contributed by atoms with E-state index in [0.29, 0.717) is 0 Å². The lowest BCUT2D eigenvalue weighted by atomic mass is 10.3. The summed E-state index contributed by atoms with van der Waals surface area (Å²) in [5.74, 6) is 1.43. The van der Waals surface area contributed by atoms with E-state index in [-0.39, 0.29) is 11.2 Å². The predicted octanol–water partition coefficient (Wildman–Crippen LogP) is 5.17. The molecule has 0 aromatic heterocycles. The van der Waals surface area contributed by atoms with E-state index in [4.69, 9.17) is 17.0 Å². The Hall–Kier alpha value is -2.05. The van der Waals surface area contributed by atoms with Gasteiger partial charge >= 0.3 is 0 Å². The van der Waals surface area contributed by atoms with E-state index in [9.17, 15) is 4.79 Å². The smallest absolute Gasteiger partial charge is 0.237 e. The molecule has 0 bridgehead atoms. The standard InChI is InChI=1S/C20H24N2O2S2/c1-4-22(5-2)20(25)26-15(3)19(23)21-16-11-13-18(14-12-16)24-17-9-7-6-8-10-17/h6-15H,4-5H2,1-3H3,(H,21,23)/t15-/m1/s1. The molecule has 4 nitrogen and oxygen atoms in total. The van der Waals surface area contributed by atoms with Gasteiger partial charge in [0.25, 0.3) is 0 Å². The van der Waals surface area contributed by atoms with Crippen LogP contribution in [-0.2, 0) is 4.79 Å². The molecule has 0 aliphatic carbocycles. The number of anilines is 1. The number of nitrogens with one attached hydrogen (secondary N) is 1. The first kappa shape index (κ1) is 20.3. The minimum atomic E-state index is -0.261. The molecule has 0 radical (unpaired) electrons. The molecule has 0 aliphatic heterocycles. The first-order chi connectivity index (χ1) is 12.5.